The Bertz CT molecular complexity index is 460. The molecule has 0 fully saturated rings. The molecule has 0 radical (unpaired) electrons. The van der Waals surface area contributed by atoms with Gasteiger partial charge in [0.15, 0.2) is 5.78 Å². The molecule has 0 unspecified atom stereocenters. The average molecular weight is 213 g/mol. The fourth-order valence-electron chi connectivity index (χ4n) is 1.41. The van der Waals surface area contributed by atoms with Crippen LogP contribution in [0.15, 0.2) is 48.7 Å². The number of pyridine rings is 1. The van der Waals surface area contributed by atoms with E-state index in [2.05, 4.69) is 4.98 Å². The maximum absolute atomic E-state index is 11.1. The Hall–Kier alpha value is -1.96. The lowest BCUT2D eigenvalue weighted by molar-refractivity contribution is 0.101. The Kier molecular flexibility index (Phi) is 3.95. The quantitative estimate of drug-likeness (QED) is 0.713. The first-order valence-electron chi connectivity index (χ1n) is 4.80. The van der Waals surface area contributed by atoms with Gasteiger partial charge in [-0.25, -0.2) is 0 Å². The number of rotatable bonds is 2. The molecule has 2 heteroatoms. The van der Waals surface area contributed by atoms with E-state index in [1.807, 2.05) is 42.5 Å². The van der Waals surface area contributed by atoms with Gasteiger partial charge in [0, 0.05) is 17.3 Å². The zero-order valence-corrected chi connectivity index (χ0v) is 8.47. The second kappa shape index (κ2) is 5.21. The monoisotopic (exact) mass is 213 g/mol. The van der Waals surface area contributed by atoms with Crippen LogP contribution in [-0.4, -0.2) is 10.8 Å². The van der Waals surface area contributed by atoms with Gasteiger partial charge in [0.1, 0.15) is 0 Å². The van der Waals surface area contributed by atoms with Crippen LogP contribution in [0.3, 0.4) is 0 Å². The predicted octanol–water partition coefficient (Wildman–Crippen LogP) is 3.59. The molecule has 2 nitrogen and oxygen atoms in total. The van der Waals surface area contributed by atoms with Gasteiger partial charge in [0.2, 0.25) is 0 Å². The van der Waals surface area contributed by atoms with Crippen LogP contribution in [0.25, 0.3) is 11.3 Å². The van der Waals surface area contributed by atoms with Crippen molar-refractivity contribution in [3.8, 4) is 11.3 Å². The van der Waals surface area contributed by atoms with E-state index in [1.54, 1.807) is 13.1 Å². The molecule has 0 saturated heterocycles. The van der Waals surface area contributed by atoms with Crippen LogP contribution in [-0.2, 0) is 0 Å². The van der Waals surface area contributed by atoms with Crippen molar-refractivity contribution in [3.05, 3.63) is 54.2 Å². The third-order valence-electron chi connectivity index (χ3n) is 2.25. The Morgan fingerprint density at radius 3 is 2.25 bits per heavy atom. The van der Waals surface area contributed by atoms with E-state index >= 15 is 0 Å². The smallest absolute Gasteiger partial charge is 0.159 e. The summed E-state index contributed by atoms with van der Waals surface area (Å²) >= 11 is 0. The number of hydrogen-bond acceptors (Lipinski definition) is 2. The maximum atomic E-state index is 11.1. The van der Waals surface area contributed by atoms with E-state index in [4.69, 9.17) is 0 Å². The normalized spacial score (nSPS) is 9.31. The minimum absolute atomic E-state index is 0. The van der Waals surface area contributed by atoms with Crippen molar-refractivity contribution < 1.29 is 4.79 Å². The molecule has 82 valence electrons. The summed E-state index contributed by atoms with van der Waals surface area (Å²) in [5, 5.41) is 0. The summed E-state index contributed by atoms with van der Waals surface area (Å²) in [5.74, 6) is 0.0857. The highest BCUT2D eigenvalue weighted by atomic mass is 16.1. The molecule has 16 heavy (non-hydrogen) atoms. The third-order valence-corrected chi connectivity index (χ3v) is 2.25. The van der Waals surface area contributed by atoms with E-state index in [1.165, 1.54) is 0 Å². The van der Waals surface area contributed by atoms with Crippen LogP contribution < -0.4 is 0 Å². The SMILES string of the molecule is C.CC(=O)c1ccc(-c2ccccn2)cc1. The summed E-state index contributed by atoms with van der Waals surface area (Å²) in [5.41, 5.74) is 2.68. The van der Waals surface area contributed by atoms with Crippen molar-refractivity contribution in [1.29, 1.82) is 0 Å². The molecule has 0 amide bonds. The first-order valence-corrected chi connectivity index (χ1v) is 4.80. The number of aromatic nitrogens is 1. The Balaban J connectivity index is 0.00000128. The average Bonchev–Trinajstić information content (AvgIpc) is 2.30. The molecule has 2 aromatic rings. The second-order valence-corrected chi connectivity index (χ2v) is 3.35. The topological polar surface area (TPSA) is 30.0 Å². The largest absolute Gasteiger partial charge is 0.295 e. The zero-order chi connectivity index (χ0) is 10.7. The molecular weight excluding hydrogens is 198 g/mol. The molecule has 0 N–H and O–H groups in total. The minimum atomic E-state index is 0. The highest BCUT2D eigenvalue weighted by Gasteiger charge is 2.00. The van der Waals surface area contributed by atoms with Gasteiger partial charge >= 0.3 is 0 Å². The molecule has 0 bridgehead atoms. The fraction of sp³-hybridized carbons (Fsp3) is 0.143. The van der Waals surface area contributed by atoms with Crippen LogP contribution >= 0.6 is 0 Å². The van der Waals surface area contributed by atoms with Crippen molar-refractivity contribution in [2.45, 2.75) is 14.4 Å². The highest BCUT2D eigenvalue weighted by molar-refractivity contribution is 5.94. The number of ketones is 1. The van der Waals surface area contributed by atoms with Gasteiger partial charge in [-0.3, -0.25) is 9.78 Å². The lowest BCUT2D eigenvalue weighted by Gasteiger charge is -2.00. The van der Waals surface area contributed by atoms with Gasteiger partial charge in [-0.05, 0) is 19.1 Å². The number of nitrogens with zero attached hydrogens (tertiary/aromatic N) is 1. The van der Waals surface area contributed by atoms with E-state index in [0.29, 0.717) is 0 Å². The van der Waals surface area contributed by atoms with Crippen molar-refractivity contribution in [2.75, 3.05) is 0 Å². The second-order valence-electron chi connectivity index (χ2n) is 3.35. The van der Waals surface area contributed by atoms with Crippen molar-refractivity contribution in [2.24, 2.45) is 0 Å². The third kappa shape index (κ3) is 2.54. The lowest BCUT2D eigenvalue weighted by atomic mass is 10.1. The zero-order valence-electron chi connectivity index (χ0n) is 8.47. The van der Waals surface area contributed by atoms with Crippen LogP contribution in [0, 0.1) is 0 Å². The number of benzene rings is 1. The predicted molar refractivity (Wildman–Crippen MR) is 66.4 cm³/mol. The fourth-order valence-corrected chi connectivity index (χ4v) is 1.41. The number of carbonyl (C=O) groups is 1. The molecule has 0 saturated carbocycles. The molecule has 0 aliphatic carbocycles. The Morgan fingerprint density at radius 1 is 1.06 bits per heavy atom. The molecule has 0 spiro atoms. The van der Waals surface area contributed by atoms with E-state index < -0.39 is 0 Å². The molecule has 1 heterocycles. The molecule has 0 aliphatic heterocycles. The number of Topliss-reactive ketones (excluding diaryl/α,β-unsaturated/α-hetero) is 1. The summed E-state index contributed by atoms with van der Waals surface area (Å²) in [6, 6.07) is 13.3. The van der Waals surface area contributed by atoms with Crippen molar-refractivity contribution >= 4 is 5.78 Å². The molecule has 1 aromatic carbocycles. The van der Waals surface area contributed by atoms with Crippen LogP contribution in [0.5, 0.6) is 0 Å². The molecule has 0 aliphatic rings. The molecule has 2 rings (SSSR count). The molecular formula is C14H15NO. The molecule has 0 atom stereocenters. The summed E-state index contributed by atoms with van der Waals surface area (Å²) < 4.78 is 0. The van der Waals surface area contributed by atoms with Gasteiger partial charge in [-0.2, -0.15) is 0 Å². The van der Waals surface area contributed by atoms with Crippen LogP contribution in [0.2, 0.25) is 0 Å². The van der Waals surface area contributed by atoms with E-state index in [9.17, 15) is 4.79 Å². The van der Waals surface area contributed by atoms with Crippen molar-refractivity contribution in [3.63, 3.8) is 0 Å². The number of carbonyl (C=O) groups excluding carboxylic acids is 1. The lowest BCUT2D eigenvalue weighted by Crippen LogP contribution is -1.91. The van der Waals surface area contributed by atoms with E-state index in [-0.39, 0.29) is 13.2 Å². The standard InChI is InChI=1S/C13H11NO.CH4/c1-10(15)11-5-7-12(8-6-11)13-4-2-3-9-14-13;/h2-9H,1H3;1H4. The van der Waals surface area contributed by atoms with Crippen LogP contribution in [0.4, 0.5) is 0 Å². The first kappa shape index (κ1) is 12.1. The van der Waals surface area contributed by atoms with Gasteiger partial charge in [-0.1, -0.05) is 37.8 Å². The Labute approximate surface area is 96.0 Å². The summed E-state index contributed by atoms with van der Waals surface area (Å²) in [6.07, 6.45) is 1.76. The summed E-state index contributed by atoms with van der Waals surface area (Å²) in [4.78, 5) is 15.3. The first-order chi connectivity index (χ1) is 7.27. The number of hydrogen-bond donors (Lipinski definition) is 0. The van der Waals surface area contributed by atoms with Gasteiger partial charge in [0.25, 0.3) is 0 Å². The van der Waals surface area contributed by atoms with Gasteiger partial charge < -0.3 is 0 Å². The maximum Gasteiger partial charge on any atom is 0.159 e. The van der Waals surface area contributed by atoms with Crippen molar-refractivity contribution in [1.82, 2.24) is 4.98 Å². The highest BCUT2D eigenvalue weighted by Crippen LogP contribution is 2.16. The minimum Gasteiger partial charge on any atom is -0.295 e. The van der Waals surface area contributed by atoms with Crippen LogP contribution in [0.1, 0.15) is 24.7 Å². The van der Waals surface area contributed by atoms with E-state index in [0.717, 1.165) is 16.8 Å². The van der Waals surface area contributed by atoms with Gasteiger partial charge in [0.05, 0.1) is 5.69 Å². The van der Waals surface area contributed by atoms with Gasteiger partial charge in [-0.15, -0.1) is 0 Å². The summed E-state index contributed by atoms with van der Waals surface area (Å²) in [7, 11) is 0. The summed E-state index contributed by atoms with van der Waals surface area (Å²) in [6.45, 7) is 1.57. The molecule has 1 aromatic heterocycles. The Morgan fingerprint density at radius 2 is 1.75 bits per heavy atom.